The Balaban J connectivity index is 1.36. The zero-order valence-electron chi connectivity index (χ0n) is 23.2. The van der Waals surface area contributed by atoms with E-state index in [0.29, 0.717) is 17.7 Å². The highest BCUT2D eigenvalue weighted by Gasteiger charge is 2.17. The van der Waals surface area contributed by atoms with Crippen LogP contribution >= 0.6 is 0 Å². The van der Waals surface area contributed by atoms with E-state index in [0.717, 1.165) is 44.3 Å². The molecule has 0 atom stereocenters. The molecule has 0 spiro atoms. The third-order valence-corrected chi connectivity index (χ3v) is 7.49. The molecule has 2 N–H and O–H groups in total. The zero-order valence-corrected chi connectivity index (χ0v) is 23.2. The number of hydrogen-bond donors (Lipinski definition) is 2. The number of carbonyl (C=O) groups excluding carboxylic acids is 1. The minimum absolute atomic E-state index is 0.195. The van der Waals surface area contributed by atoms with E-state index in [1.54, 1.807) is 24.3 Å². The van der Waals surface area contributed by atoms with Gasteiger partial charge in [0.2, 0.25) is 0 Å². The standard InChI is InChI=1S/C37H27N3O3/c38-22-25-9-13-29(14-10-25)33-20-32-17-18-40(24-27-5-4-8-31(19-27)28-6-2-1-3-7-28)35(32)34(21-33)36(41)39-23-26-11-15-30(16-12-26)37(42)43/h1-21H,23-24H2,(H,39,41)(H,42,43). The molecule has 0 fully saturated rings. The smallest absolute Gasteiger partial charge is 0.335 e. The van der Waals surface area contributed by atoms with Crippen LogP contribution in [-0.2, 0) is 13.1 Å². The first-order valence-corrected chi connectivity index (χ1v) is 13.9. The number of aromatic carboxylic acids is 1. The van der Waals surface area contributed by atoms with E-state index >= 15 is 0 Å². The quantitative estimate of drug-likeness (QED) is 0.201. The Morgan fingerprint density at radius 1 is 0.721 bits per heavy atom. The van der Waals surface area contributed by atoms with Crippen LogP contribution in [0.5, 0.6) is 0 Å². The summed E-state index contributed by atoms with van der Waals surface area (Å²) in [6.07, 6.45) is 2.00. The van der Waals surface area contributed by atoms with Gasteiger partial charge < -0.3 is 15.0 Å². The molecule has 6 heteroatoms. The van der Waals surface area contributed by atoms with Gasteiger partial charge in [0.05, 0.1) is 28.3 Å². The summed E-state index contributed by atoms with van der Waals surface area (Å²) in [6.45, 7) is 0.832. The molecule has 0 aliphatic heterocycles. The molecule has 6 aromatic rings. The number of fused-ring (bicyclic) bond motifs is 1. The van der Waals surface area contributed by atoms with Crippen molar-refractivity contribution >= 4 is 22.8 Å². The zero-order chi connectivity index (χ0) is 29.8. The molecule has 1 heterocycles. The van der Waals surface area contributed by atoms with Crippen LogP contribution in [0.4, 0.5) is 0 Å². The van der Waals surface area contributed by atoms with Crippen molar-refractivity contribution in [3.63, 3.8) is 0 Å². The lowest BCUT2D eigenvalue weighted by Gasteiger charge is -2.14. The molecule has 0 bridgehead atoms. The molecule has 0 unspecified atom stereocenters. The van der Waals surface area contributed by atoms with Gasteiger partial charge in [0, 0.05) is 24.7 Å². The second-order valence-electron chi connectivity index (χ2n) is 10.3. The van der Waals surface area contributed by atoms with E-state index in [1.807, 2.05) is 48.7 Å². The van der Waals surface area contributed by atoms with Crippen molar-refractivity contribution in [2.45, 2.75) is 13.1 Å². The molecule has 1 amide bonds. The number of nitrogens with one attached hydrogen (secondary N) is 1. The van der Waals surface area contributed by atoms with E-state index in [9.17, 15) is 20.0 Å². The minimum Gasteiger partial charge on any atom is -0.478 e. The SMILES string of the molecule is N#Cc1ccc(-c2cc(C(=O)NCc3ccc(C(=O)O)cc3)c3c(ccn3Cc3cccc(-c4ccccc4)c3)c2)cc1. The van der Waals surface area contributed by atoms with Crippen molar-refractivity contribution in [1.82, 2.24) is 9.88 Å². The number of benzene rings is 5. The van der Waals surface area contributed by atoms with E-state index in [1.165, 1.54) is 12.1 Å². The van der Waals surface area contributed by atoms with Crippen molar-refractivity contribution in [3.8, 4) is 28.3 Å². The van der Waals surface area contributed by atoms with Crippen LogP contribution in [0.15, 0.2) is 128 Å². The summed E-state index contributed by atoms with van der Waals surface area (Å²) < 4.78 is 2.10. The molecule has 5 aromatic carbocycles. The number of rotatable bonds is 8. The van der Waals surface area contributed by atoms with Gasteiger partial charge in [-0.25, -0.2) is 4.79 Å². The number of nitriles is 1. The Bertz CT molecular complexity index is 1980. The molecule has 6 rings (SSSR count). The maximum absolute atomic E-state index is 13.8. The predicted octanol–water partition coefficient (Wildman–Crippen LogP) is 7.52. The first kappa shape index (κ1) is 27.3. The molecule has 6 nitrogen and oxygen atoms in total. The van der Waals surface area contributed by atoms with Crippen LogP contribution in [0, 0.1) is 11.3 Å². The number of carboxylic acid groups (broad SMARTS) is 1. The van der Waals surface area contributed by atoms with Gasteiger partial charge in [0.15, 0.2) is 0 Å². The highest BCUT2D eigenvalue weighted by Crippen LogP contribution is 2.30. The first-order chi connectivity index (χ1) is 21.0. The van der Waals surface area contributed by atoms with Crippen LogP contribution in [0.25, 0.3) is 33.2 Å². The Kier molecular flexibility index (Phi) is 7.54. The topological polar surface area (TPSA) is 95.1 Å². The van der Waals surface area contributed by atoms with Gasteiger partial charge in [0.1, 0.15) is 0 Å². The second-order valence-corrected chi connectivity index (χ2v) is 10.3. The average molecular weight is 562 g/mol. The molecule has 0 radical (unpaired) electrons. The number of aromatic nitrogens is 1. The number of nitrogens with zero attached hydrogens (tertiary/aromatic N) is 2. The summed E-state index contributed by atoms with van der Waals surface area (Å²) in [5.41, 5.74) is 8.08. The van der Waals surface area contributed by atoms with Gasteiger partial charge >= 0.3 is 5.97 Å². The highest BCUT2D eigenvalue weighted by atomic mass is 16.4. The Hall–Kier alpha value is -5.93. The fourth-order valence-electron chi connectivity index (χ4n) is 5.28. The molecule has 208 valence electrons. The van der Waals surface area contributed by atoms with Crippen LogP contribution in [0.3, 0.4) is 0 Å². The summed E-state index contributed by atoms with van der Waals surface area (Å²) >= 11 is 0. The van der Waals surface area contributed by atoms with Crippen LogP contribution < -0.4 is 5.32 Å². The molecule has 0 aliphatic carbocycles. The fourth-order valence-corrected chi connectivity index (χ4v) is 5.28. The summed E-state index contributed by atoms with van der Waals surface area (Å²) in [4.78, 5) is 25.0. The summed E-state index contributed by atoms with van der Waals surface area (Å²) in [7, 11) is 0. The fraction of sp³-hybridized carbons (Fsp3) is 0.0541. The molecule has 43 heavy (non-hydrogen) atoms. The highest BCUT2D eigenvalue weighted by molar-refractivity contribution is 6.08. The van der Waals surface area contributed by atoms with Crippen LogP contribution in [0.2, 0.25) is 0 Å². The maximum atomic E-state index is 13.8. The minimum atomic E-state index is -0.993. The molecule has 1 aromatic heterocycles. The summed E-state index contributed by atoms with van der Waals surface area (Å²) in [5, 5.41) is 22.4. The maximum Gasteiger partial charge on any atom is 0.335 e. The number of carbonyl (C=O) groups is 2. The van der Waals surface area contributed by atoms with E-state index < -0.39 is 5.97 Å². The molecular weight excluding hydrogens is 534 g/mol. The Labute approximate surface area is 249 Å². The van der Waals surface area contributed by atoms with Gasteiger partial charge in [-0.3, -0.25) is 4.79 Å². The lowest BCUT2D eigenvalue weighted by molar-refractivity contribution is 0.0696. The largest absolute Gasteiger partial charge is 0.478 e. The Morgan fingerprint density at radius 2 is 1.44 bits per heavy atom. The van der Waals surface area contributed by atoms with Gasteiger partial charge in [-0.15, -0.1) is 0 Å². The van der Waals surface area contributed by atoms with Crippen molar-refractivity contribution in [3.05, 3.63) is 155 Å². The molecule has 0 saturated heterocycles. The monoisotopic (exact) mass is 561 g/mol. The lowest BCUT2D eigenvalue weighted by atomic mass is 9.99. The van der Waals surface area contributed by atoms with Gasteiger partial charge in [0.25, 0.3) is 5.91 Å². The van der Waals surface area contributed by atoms with Crippen molar-refractivity contribution in [2.24, 2.45) is 0 Å². The van der Waals surface area contributed by atoms with Gasteiger partial charge in [-0.05, 0) is 81.9 Å². The predicted molar refractivity (Wildman–Crippen MR) is 168 cm³/mol. The van der Waals surface area contributed by atoms with Gasteiger partial charge in [-0.2, -0.15) is 5.26 Å². The second kappa shape index (κ2) is 11.9. The van der Waals surface area contributed by atoms with Crippen molar-refractivity contribution in [2.75, 3.05) is 0 Å². The lowest BCUT2D eigenvalue weighted by Crippen LogP contribution is -2.23. The van der Waals surface area contributed by atoms with Gasteiger partial charge in [-0.1, -0.05) is 72.8 Å². The van der Waals surface area contributed by atoms with E-state index in [4.69, 9.17) is 0 Å². The Morgan fingerprint density at radius 3 is 2.16 bits per heavy atom. The summed E-state index contributed by atoms with van der Waals surface area (Å²) in [5.74, 6) is -1.23. The number of hydrogen-bond acceptors (Lipinski definition) is 3. The first-order valence-electron chi connectivity index (χ1n) is 13.9. The van der Waals surface area contributed by atoms with Crippen molar-refractivity contribution < 1.29 is 14.7 Å². The third-order valence-electron chi connectivity index (χ3n) is 7.49. The van der Waals surface area contributed by atoms with E-state index in [2.05, 4.69) is 58.4 Å². The summed E-state index contributed by atoms with van der Waals surface area (Å²) in [6, 6.07) is 40.5. The van der Waals surface area contributed by atoms with Crippen molar-refractivity contribution in [1.29, 1.82) is 5.26 Å². The normalized spacial score (nSPS) is 10.8. The number of amides is 1. The van der Waals surface area contributed by atoms with Crippen LogP contribution in [-0.4, -0.2) is 21.6 Å². The van der Waals surface area contributed by atoms with E-state index in [-0.39, 0.29) is 18.0 Å². The number of carboxylic acids is 1. The molecule has 0 aliphatic rings. The molecular formula is C37H27N3O3. The molecule has 0 saturated carbocycles. The average Bonchev–Trinajstić information content (AvgIpc) is 3.46. The third kappa shape index (κ3) is 5.92. The van der Waals surface area contributed by atoms with Crippen LogP contribution in [0.1, 0.15) is 37.4 Å².